The molecule has 3 heteroatoms. The van der Waals surface area contributed by atoms with Crippen molar-refractivity contribution in [3.63, 3.8) is 0 Å². The van der Waals surface area contributed by atoms with Gasteiger partial charge in [0.15, 0.2) is 0 Å². The zero-order valence-electron chi connectivity index (χ0n) is 10.2. The van der Waals surface area contributed by atoms with Gasteiger partial charge >= 0.3 is 0 Å². The molecule has 0 unspecified atom stereocenters. The van der Waals surface area contributed by atoms with Gasteiger partial charge in [-0.25, -0.2) is 0 Å². The zero-order valence-corrected chi connectivity index (χ0v) is 11.0. The third kappa shape index (κ3) is 2.96. The summed E-state index contributed by atoms with van der Waals surface area (Å²) in [6.07, 6.45) is 0. The van der Waals surface area contributed by atoms with E-state index < -0.39 is 0 Å². The van der Waals surface area contributed by atoms with Crippen molar-refractivity contribution in [2.24, 2.45) is 0 Å². The van der Waals surface area contributed by atoms with Gasteiger partial charge in [-0.3, -0.25) is 0 Å². The summed E-state index contributed by atoms with van der Waals surface area (Å²) >= 11 is 5.61. The molecule has 2 aromatic carbocycles. The first-order valence-corrected chi connectivity index (χ1v) is 6.31. The van der Waals surface area contributed by atoms with E-state index in [1.54, 1.807) is 7.11 Å². The van der Waals surface area contributed by atoms with E-state index in [2.05, 4.69) is 0 Å². The van der Waals surface area contributed by atoms with Gasteiger partial charge in [0.1, 0.15) is 18.1 Å². The van der Waals surface area contributed by atoms with Gasteiger partial charge in [0.05, 0.1) is 13.0 Å². The van der Waals surface area contributed by atoms with Crippen LogP contribution in [0.1, 0.15) is 0 Å². The van der Waals surface area contributed by atoms with Gasteiger partial charge in [-0.05, 0) is 23.8 Å². The number of halogens is 1. The standard InChI is InChI=1S/C15H15ClO2/c1-17-15-8-3-2-7-14(15)12-5-4-6-13(11-12)18-10-9-16/h2-8,11H,9-10H2,1H3. The van der Waals surface area contributed by atoms with Gasteiger partial charge in [0, 0.05) is 5.56 Å². The molecule has 18 heavy (non-hydrogen) atoms. The predicted octanol–water partition coefficient (Wildman–Crippen LogP) is 3.98. The third-order valence-corrected chi connectivity index (χ3v) is 2.75. The molecule has 0 fully saturated rings. The minimum atomic E-state index is 0.485. The van der Waals surface area contributed by atoms with Crippen molar-refractivity contribution in [2.45, 2.75) is 0 Å². The minimum Gasteiger partial charge on any atom is -0.496 e. The molecule has 0 saturated carbocycles. The maximum atomic E-state index is 5.61. The summed E-state index contributed by atoms with van der Waals surface area (Å²) in [5.41, 5.74) is 2.12. The topological polar surface area (TPSA) is 18.5 Å². The van der Waals surface area contributed by atoms with E-state index in [0.717, 1.165) is 22.6 Å². The Morgan fingerprint density at radius 1 is 1.06 bits per heavy atom. The van der Waals surface area contributed by atoms with Crippen LogP contribution >= 0.6 is 11.6 Å². The predicted molar refractivity (Wildman–Crippen MR) is 74.6 cm³/mol. The highest BCUT2D eigenvalue weighted by Crippen LogP contribution is 2.31. The Morgan fingerprint density at radius 3 is 2.67 bits per heavy atom. The third-order valence-electron chi connectivity index (χ3n) is 2.60. The summed E-state index contributed by atoms with van der Waals surface area (Å²) < 4.78 is 10.9. The lowest BCUT2D eigenvalue weighted by Crippen LogP contribution is -1.97. The van der Waals surface area contributed by atoms with E-state index >= 15 is 0 Å². The molecule has 94 valence electrons. The van der Waals surface area contributed by atoms with Crippen LogP contribution in [0.3, 0.4) is 0 Å². The molecule has 0 heterocycles. The lowest BCUT2D eigenvalue weighted by Gasteiger charge is -2.10. The van der Waals surface area contributed by atoms with Crippen LogP contribution in [0.25, 0.3) is 11.1 Å². The fraction of sp³-hybridized carbons (Fsp3) is 0.200. The summed E-state index contributed by atoms with van der Waals surface area (Å²) in [5.74, 6) is 2.16. The fourth-order valence-electron chi connectivity index (χ4n) is 1.79. The summed E-state index contributed by atoms with van der Waals surface area (Å²) in [6, 6.07) is 15.8. The highest BCUT2D eigenvalue weighted by Gasteiger charge is 2.05. The average Bonchev–Trinajstić information content (AvgIpc) is 2.45. The van der Waals surface area contributed by atoms with Crippen LogP contribution < -0.4 is 9.47 Å². The fourth-order valence-corrected chi connectivity index (χ4v) is 1.87. The van der Waals surface area contributed by atoms with Crippen molar-refractivity contribution in [1.82, 2.24) is 0 Å². The molecule has 0 N–H and O–H groups in total. The number of methoxy groups -OCH3 is 1. The van der Waals surface area contributed by atoms with Crippen LogP contribution in [0, 0.1) is 0 Å². The largest absolute Gasteiger partial charge is 0.496 e. The Hall–Kier alpha value is -1.67. The monoisotopic (exact) mass is 262 g/mol. The molecule has 0 aliphatic rings. The average molecular weight is 263 g/mol. The second-order valence-corrected chi connectivity index (χ2v) is 4.14. The van der Waals surface area contributed by atoms with Crippen LogP contribution in [-0.4, -0.2) is 19.6 Å². The number of benzene rings is 2. The minimum absolute atomic E-state index is 0.485. The molecule has 0 amide bonds. The van der Waals surface area contributed by atoms with Crippen molar-refractivity contribution >= 4 is 11.6 Å². The van der Waals surface area contributed by atoms with Crippen molar-refractivity contribution in [2.75, 3.05) is 19.6 Å². The van der Waals surface area contributed by atoms with E-state index in [1.165, 1.54) is 0 Å². The molecule has 0 saturated heterocycles. The molecule has 2 rings (SSSR count). The maximum Gasteiger partial charge on any atom is 0.126 e. The van der Waals surface area contributed by atoms with E-state index in [0.29, 0.717) is 12.5 Å². The number of para-hydroxylation sites is 1. The molecule has 2 aromatic rings. The maximum absolute atomic E-state index is 5.61. The molecule has 2 nitrogen and oxygen atoms in total. The van der Waals surface area contributed by atoms with Crippen LogP contribution in [0.2, 0.25) is 0 Å². The van der Waals surface area contributed by atoms with E-state index in [1.807, 2.05) is 48.5 Å². The van der Waals surface area contributed by atoms with Gasteiger partial charge < -0.3 is 9.47 Å². The Morgan fingerprint density at radius 2 is 1.89 bits per heavy atom. The molecule has 0 aliphatic heterocycles. The van der Waals surface area contributed by atoms with E-state index in [9.17, 15) is 0 Å². The van der Waals surface area contributed by atoms with Gasteiger partial charge in [0.25, 0.3) is 0 Å². The Kier molecular flexibility index (Phi) is 4.48. The molecular formula is C15H15ClO2. The molecule has 0 radical (unpaired) electrons. The van der Waals surface area contributed by atoms with E-state index in [-0.39, 0.29) is 0 Å². The van der Waals surface area contributed by atoms with Crippen LogP contribution in [0.15, 0.2) is 48.5 Å². The Balaban J connectivity index is 2.32. The van der Waals surface area contributed by atoms with Gasteiger partial charge in [-0.15, -0.1) is 11.6 Å². The summed E-state index contributed by atoms with van der Waals surface area (Å²) in [4.78, 5) is 0. The zero-order chi connectivity index (χ0) is 12.8. The SMILES string of the molecule is COc1ccccc1-c1cccc(OCCCl)c1. The molecule has 0 spiro atoms. The van der Waals surface area contributed by atoms with Crippen LogP contribution in [0.5, 0.6) is 11.5 Å². The van der Waals surface area contributed by atoms with Crippen LogP contribution in [-0.2, 0) is 0 Å². The summed E-state index contributed by atoms with van der Waals surface area (Å²) in [6.45, 7) is 0.511. The number of rotatable bonds is 5. The Bertz CT molecular complexity index is 511. The quantitative estimate of drug-likeness (QED) is 0.759. The summed E-state index contributed by atoms with van der Waals surface area (Å²) in [5, 5.41) is 0. The lowest BCUT2D eigenvalue weighted by atomic mass is 10.0. The molecular weight excluding hydrogens is 248 g/mol. The molecule has 0 bridgehead atoms. The number of hydrogen-bond donors (Lipinski definition) is 0. The normalized spacial score (nSPS) is 10.1. The first kappa shape index (κ1) is 12.8. The number of ether oxygens (including phenoxy) is 2. The van der Waals surface area contributed by atoms with E-state index in [4.69, 9.17) is 21.1 Å². The van der Waals surface area contributed by atoms with Crippen LogP contribution in [0.4, 0.5) is 0 Å². The highest BCUT2D eigenvalue weighted by molar-refractivity contribution is 6.18. The first-order valence-electron chi connectivity index (χ1n) is 5.77. The van der Waals surface area contributed by atoms with Crippen molar-refractivity contribution in [1.29, 1.82) is 0 Å². The Labute approximate surface area is 112 Å². The molecule has 0 aliphatic carbocycles. The second-order valence-electron chi connectivity index (χ2n) is 3.77. The smallest absolute Gasteiger partial charge is 0.126 e. The first-order chi connectivity index (χ1) is 8.85. The summed E-state index contributed by atoms with van der Waals surface area (Å²) in [7, 11) is 1.67. The van der Waals surface area contributed by atoms with Crippen molar-refractivity contribution < 1.29 is 9.47 Å². The second kappa shape index (κ2) is 6.31. The molecule has 0 atom stereocenters. The molecule has 0 aromatic heterocycles. The van der Waals surface area contributed by atoms with Gasteiger partial charge in [-0.1, -0.05) is 30.3 Å². The number of hydrogen-bond acceptors (Lipinski definition) is 2. The van der Waals surface area contributed by atoms with Crippen molar-refractivity contribution in [3.05, 3.63) is 48.5 Å². The lowest BCUT2D eigenvalue weighted by molar-refractivity contribution is 0.343. The number of alkyl halides is 1. The van der Waals surface area contributed by atoms with Crippen molar-refractivity contribution in [3.8, 4) is 22.6 Å². The van der Waals surface area contributed by atoms with Gasteiger partial charge in [-0.2, -0.15) is 0 Å². The highest BCUT2D eigenvalue weighted by atomic mass is 35.5. The van der Waals surface area contributed by atoms with Gasteiger partial charge in [0.2, 0.25) is 0 Å².